The van der Waals surface area contributed by atoms with Gasteiger partial charge < -0.3 is 19.2 Å². The molecule has 0 aromatic carbocycles. The van der Waals surface area contributed by atoms with Crippen LogP contribution >= 0.6 is 0 Å². The molecule has 42 valence electrons. The maximum atomic E-state index is 7.33. The first-order chi connectivity index (χ1) is 2.00. The van der Waals surface area contributed by atoms with E-state index >= 15 is 0 Å². The zero-order valence-corrected chi connectivity index (χ0v) is 3.29. The fraction of sp³-hybridized carbons (Fsp3) is 0. The monoisotopic (exact) mass is 188 g/mol. The fourth-order valence-electron chi connectivity index (χ4n) is 0. The Bertz CT molecular complexity index is 31.5. The molecule has 0 spiro atoms. The summed E-state index contributed by atoms with van der Waals surface area (Å²) in [6, 6.07) is 0. The summed E-state index contributed by atoms with van der Waals surface area (Å²) in [4.78, 5) is 29.3. The van der Waals surface area contributed by atoms with Crippen LogP contribution in [0.25, 0.3) is 0 Å². The van der Waals surface area contributed by atoms with Crippen LogP contribution in [-0.4, -0.2) is 119 Å². The maximum absolute atomic E-state index is 7.33. The van der Waals surface area contributed by atoms with Gasteiger partial charge in [0.1, 0.15) is 0 Å². The molecule has 0 saturated heterocycles. The number of rotatable bonds is 0. The summed E-state index contributed by atoms with van der Waals surface area (Å²) in [6.07, 6.45) is 0. The summed E-state index contributed by atoms with van der Waals surface area (Å²) in [7, 11) is -4.61. The predicted molar refractivity (Wildman–Crippen MR) is 38.9 cm³/mol. The fourth-order valence-corrected chi connectivity index (χ4v) is 0. The van der Waals surface area contributed by atoms with Crippen LogP contribution in [0.2, 0.25) is 0 Å². The normalized spacial score (nSPS) is 7.50. The van der Waals surface area contributed by atoms with E-state index in [4.69, 9.17) is 19.2 Å². The molecule has 0 aliphatic carbocycles. The molecular weight excluding hydrogens is 179 g/mol. The third-order valence-corrected chi connectivity index (χ3v) is 0. The van der Waals surface area contributed by atoms with Gasteiger partial charge >= 0.3 is 99.4 Å². The van der Waals surface area contributed by atoms with Gasteiger partial charge in [-0.1, -0.05) is 0 Å². The van der Waals surface area contributed by atoms with Gasteiger partial charge in [0, 0.05) is 0 Å². The molecule has 0 bridgehead atoms. The van der Waals surface area contributed by atoms with Crippen LogP contribution in [0, 0.1) is 0 Å². The van der Waals surface area contributed by atoms with Gasteiger partial charge in [0.05, 0.1) is 0 Å². The summed E-state index contributed by atoms with van der Waals surface area (Å²) in [5.74, 6) is 0. The minimum absolute atomic E-state index is 0. The van der Waals surface area contributed by atoms with Crippen LogP contribution in [0.1, 0.15) is 0 Å². The molecule has 0 amide bonds. The molecule has 0 aliphatic heterocycles. The van der Waals surface area contributed by atoms with Crippen LogP contribution in [0.5, 0.6) is 0 Å². The first kappa shape index (κ1) is 22.5. The van der Waals surface area contributed by atoms with Gasteiger partial charge in [0.25, 0.3) is 0 Å². The van der Waals surface area contributed by atoms with Gasteiger partial charge in [-0.15, -0.1) is 0 Å². The van der Waals surface area contributed by atoms with Crippen LogP contribution < -0.4 is 0 Å². The van der Waals surface area contributed by atoms with Crippen molar-refractivity contribution in [1.29, 1.82) is 0 Å². The van der Waals surface area contributed by atoms with Crippen LogP contribution in [0.15, 0.2) is 0 Å². The van der Waals surface area contributed by atoms with E-state index in [1.54, 1.807) is 0 Å². The Morgan fingerprint density at radius 1 is 0.875 bits per heavy atom. The molecule has 0 aromatic rings. The SMILES string of the molecule is O[Si](O)(O)O.[CaH2].[MgH2].[NaH]. The van der Waals surface area contributed by atoms with Gasteiger partial charge in [-0.2, -0.15) is 0 Å². The Morgan fingerprint density at radius 3 is 0.875 bits per heavy atom. The predicted octanol–water partition coefficient (Wildman–Crippen LogP) is -5.09. The Hall–Kier alpha value is 3.08. The Labute approximate surface area is 116 Å². The number of hydrogen-bond donors (Lipinski definition) is 4. The van der Waals surface area contributed by atoms with Crippen LogP contribution in [-0.2, 0) is 0 Å². The Balaban J connectivity index is -0.0000000267. The molecule has 0 heterocycles. The molecular formula is H9CaMgNaO4Si. The Kier molecular flexibility index (Phi) is 28.3. The molecule has 4 N–H and O–H groups in total. The van der Waals surface area contributed by atoms with Gasteiger partial charge in [-0.05, 0) is 0 Å². The second-order valence-corrected chi connectivity index (χ2v) is 1.80. The van der Waals surface area contributed by atoms with E-state index in [2.05, 4.69) is 0 Å². The summed E-state index contributed by atoms with van der Waals surface area (Å²) in [5.41, 5.74) is 0. The topological polar surface area (TPSA) is 80.9 Å². The molecule has 0 radical (unpaired) electrons. The van der Waals surface area contributed by atoms with Crippen molar-refractivity contribution < 1.29 is 19.2 Å². The van der Waals surface area contributed by atoms with E-state index in [-0.39, 0.29) is 90.3 Å². The van der Waals surface area contributed by atoms with Gasteiger partial charge in [0.15, 0.2) is 0 Å². The molecule has 0 saturated carbocycles. The molecule has 0 atom stereocenters. The van der Waals surface area contributed by atoms with E-state index in [9.17, 15) is 0 Å². The Morgan fingerprint density at radius 2 is 0.875 bits per heavy atom. The van der Waals surface area contributed by atoms with E-state index in [1.807, 2.05) is 0 Å². The second-order valence-electron chi connectivity index (χ2n) is 0.600. The average Bonchev–Trinajstić information content (AvgIpc) is 0.722. The molecule has 0 unspecified atom stereocenters. The summed E-state index contributed by atoms with van der Waals surface area (Å²) in [5, 5.41) is 0. The molecule has 4 nitrogen and oxygen atoms in total. The van der Waals surface area contributed by atoms with Gasteiger partial charge in [0.2, 0.25) is 0 Å². The second kappa shape index (κ2) is 10.1. The average molecular weight is 189 g/mol. The van der Waals surface area contributed by atoms with E-state index in [1.165, 1.54) is 0 Å². The molecule has 0 aromatic heterocycles. The molecule has 0 fully saturated rings. The van der Waals surface area contributed by atoms with Gasteiger partial charge in [-0.25, -0.2) is 0 Å². The standard InChI is InChI=1S/Ca.Mg.Na.H4O4Si.5H/c;;;1-5(2,3)4;;;;;/h;;;1-4H;;;;;. The first-order valence-corrected chi connectivity index (χ1v) is 2.68. The zero-order chi connectivity index (χ0) is 4.50. The zero-order valence-electron chi connectivity index (χ0n) is 2.29. The van der Waals surface area contributed by atoms with Crippen molar-refractivity contribution in [3.63, 3.8) is 0 Å². The summed E-state index contributed by atoms with van der Waals surface area (Å²) >= 11 is 0. The van der Waals surface area contributed by atoms with Crippen molar-refractivity contribution in [1.82, 2.24) is 0 Å². The molecule has 8 heteroatoms. The van der Waals surface area contributed by atoms with Crippen molar-refractivity contribution in [3.8, 4) is 0 Å². The third-order valence-electron chi connectivity index (χ3n) is 0. The van der Waals surface area contributed by atoms with Crippen LogP contribution in [0.4, 0.5) is 0 Å². The van der Waals surface area contributed by atoms with Gasteiger partial charge in [-0.3, -0.25) is 0 Å². The van der Waals surface area contributed by atoms with E-state index < -0.39 is 9.05 Å². The molecule has 8 heavy (non-hydrogen) atoms. The third kappa shape index (κ3) is 62.4. The van der Waals surface area contributed by atoms with E-state index in [0.717, 1.165) is 0 Å². The van der Waals surface area contributed by atoms with Crippen molar-refractivity contribution in [2.24, 2.45) is 0 Å². The molecule has 0 rings (SSSR count). The van der Waals surface area contributed by atoms with Crippen molar-refractivity contribution in [2.75, 3.05) is 0 Å². The van der Waals surface area contributed by atoms with E-state index in [0.29, 0.717) is 0 Å². The van der Waals surface area contributed by atoms with Crippen LogP contribution in [0.3, 0.4) is 0 Å². The summed E-state index contributed by atoms with van der Waals surface area (Å²) in [6.45, 7) is 0. The summed E-state index contributed by atoms with van der Waals surface area (Å²) < 4.78 is 0. The first-order valence-electron chi connectivity index (χ1n) is 0.894. The van der Waals surface area contributed by atoms with Crippen molar-refractivity contribution in [2.45, 2.75) is 0 Å². The minimum atomic E-state index is -4.61. The molecule has 0 aliphatic rings. The number of hydrogen-bond acceptors (Lipinski definition) is 4. The quantitative estimate of drug-likeness (QED) is 0.287. The van der Waals surface area contributed by atoms with Crippen molar-refractivity contribution in [3.05, 3.63) is 0 Å². The van der Waals surface area contributed by atoms with Crippen molar-refractivity contribution >= 4 is 99.4 Å².